The zero-order valence-electron chi connectivity index (χ0n) is 16.5. The summed E-state index contributed by atoms with van der Waals surface area (Å²) < 4.78 is 0. The molecule has 0 saturated heterocycles. The van der Waals surface area contributed by atoms with Crippen LogP contribution in [0.25, 0.3) is 0 Å². The summed E-state index contributed by atoms with van der Waals surface area (Å²) in [5, 5.41) is 0. The van der Waals surface area contributed by atoms with Crippen molar-refractivity contribution in [1.29, 1.82) is 0 Å². The molecule has 0 aromatic heterocycles. The molecule has 0 aliphatic rings. The number of unbranched alkanes of at least 4 members (excludes halogenated alkanes) is 5. The molecule has 3 aromatic carbocycles. The first-order chi connectivity index (χ1) is 13.4. The lowest BCUT2D eigenvalue weighted by atomic mass is 10.0. The summed E-state index contributed by atoms with van der Waals surface area (Å²) in [7, 11) is 0. The molecule has 0 heterocycles. The molecule has 0 fully saturated rings. The maximum Gasteiger partial charge on any atom is 0.0493 e. The second-order valence-electron chi connectivity index (χ2n) is 7.15. The summed E-state index contributed by atoms with van der Waals surface area (Å²) in [5.74, 6) is 0. The van der Waals surface area contributed by atoms with Gasteiger partial charge in [0.25, 0.3) is 0 Å². The molecule has 1 heteroatoms. The Morgan fingerprint density at radius 2 is 1.07 bits per heavy atom. The molecule has 0 bridgehead atoms. The Hall–Kier alpha value is -2.54. The third kappa shape index (κ3) is 5.47. The van der Waals surface area contributed by atoms with Crippen LogP contribution in [-0.2, 0) is 6.42 Å². The van der Waals surface area contributed by atoms with Crippen molar-refractivity contribution in [3.8, 4) is 0 Å². The Morgan fingerprint density at radius 3 is 1.70 bits per heavy atom. The summed E-state index contributed by atoms with van der Waals surface area (Å²) in [4.78, 5) is 2.38. The fourth-order valence-corrected chi connectivity index (χ4v) is 3.62. The molecular weight excluding hydrogens is 326 g/mol. The van der Waals surface area contributed by atoms with Gasteiger partial charge in [-0.3, -0.25) is 0 Å². The predicted octanol–water partition coefficient (Wildman–Crippen LogP) is 8.06. The number of benzene rings is 3. The van der Waals surface area contributed by atoms with Crippen molar-refractivity contribution in [2.45, 2.75) is 51.9 Å². The van der Waals surface area contributed by atoms with Crippen LogP contribution in [0.2, 0.25) is 0 Å². The zero-order valence-corrected chi connectivity index (χ0v) is 16.5. The topological polar surface area (TPSA) is 3.24 Å². The SMILES string of the molecule is CCCCCCCCc1ccccc1N(c1ccccc1)c1ccccc1. The van der Waals surface area contributed by atoms with Crippen molar-refractivity contribution in [1.82, 2.24) is 0 Å². The summed E-state index contributed by atoms with van der Waals surface area (Å²) in [5.41, 5.74) is 5.14. The van der Waals surface area contributed by atoms with E-state index in [2.05, 4.69) is 96.8 Å². The molecule has 0 N–H and O–H groups in total. The van der Waals surface area contributed by atoms with Crippen LogP contribution in [0.1, 0.15) is 51.0 Å². The minimum absolute atomic E-state index is 1.14. The van der Waals surface area contributed by atoms with Crippen LogP contribution in [0.15, 0.2) is 84.9 Å². The van der Waals surface area contributed by atoms with Crippen LogP contribution in [0.3, 0.4) is 0 Å². The highest BCUT2D eigenvalue weighted by atomic mass is 15.1. The van der Waals surface area contributed by atoms with Gasteiger partial charge in [0.05, 0.1) is 0 Å². The van der Waals surface area contributed by atoms with Gasteiger partial charge in [0.15, 0.2) is 0 Å². The van der Waals surface area contributed by atoms with Crippen molar-refractivity contribution in [2.75, 3.05) is 4.90 Å². The number of anilines is 3. The normalized spacial score (nSPS) is 10.7. The fraction of sp³-hybridized carbons (Fsp3) is 0.308. The monoisotopic (exact) mass is 357 g/mol. The van der Waals surface area contributed by atoms with Crippen LogP contribution in [0.4, 0.5) is 17.1 Å². The Kier molecular flexibility index (Phi) is 7.53. The fourth-order valence-electron chi connectivity index (χ4n) is 3.62. The first-order valence-electron chi connectivity index (χ1n) is 10.4. The largest absolute Gasteiger partial charge is 0.310 e. The Morgan fingerprint density at radius 1 is 0.556 bits per heavy atom. The van der Waals surface area contributed by atoms with Gasteiger partial charge in [-0.05, 0) is 48.7 Å². The predicted molar refractivity (Wildman–Crippen MR) is 118 cm³/mol. The molecule has 0 atom stereocenters. The molecule has 0 saturated carbocycles. The van der Waals surface area contributed by atoms with E-state index in [1.54, 1.807) is 0 Å². The molecule has 3 rings (SSSR count). The van der Waals surface area contributed by atoms with Gasteiger partial charge < -0.3 is 4.90 Å². The van der Waals surface area contributed by atoms with Crippen molar-refractivity contribution in [3.05, 3.63) is 90.5 Å². The maximum absolute atomic E-state index is 2.38. The summed E-state index contributed by atoms with van der Waals surface area (Å²) in [6.45, 7) is 2.28. The third-order valence-electron chi connectivity index (χ3n) is 5.06. The van der Waals surface area contributed by atoms with Crippen molar-refractivity contribution < 1.29 is 0 Å². The lowest BCUT2D eigenvalue weighted by Gasteiger charge is -2.27. The van der Waals surface area contributed by atoms with E-state index >= 15 is 0 Å². The van der Waals surface area contributed by atoms with Gasteiger partial charge in [0.1, 0.15) is 0 Å². The molecular formula is C26H31N. The summed E-state index contributed by atoms with van der Waals surface area (Å²) in [6, 6.07) is 30.2. The third-order valence-corrected chi connectivity index (χ3v) is 5.06. The van der Waals surface area contributed by atoms with Crippen LogP contribution >= 0.6 is 0 Å². The van der Waals surface area contributed by atoms with E-state index in [1.807, 2.05) is 0 Å². The Balaban J connectivity index is 1.83. The first-order valence-corrected chi connectivity index (χ1v) is 10.4. The van der Waals surface area contributed by atoms with Gasteiger partial charge >= 0.3 is 0 Å². The summed E-state index contributed by atoms with van der Waals surface area (Å²) in [6.07, 6.45) is 9.13. The number of para-hydroxylation sites is 3. The summed E-state index contributed by atoms with van der Waals surface area (Å²) >= 11 is 0. The highest BCUT2D eigenvalue weighted by molar-refractivity contribution is 5.78. The maximum atomic E-state index is 2.38. The van der Waals surface area contributed by atoms with E-state index in [9.17, 15) is 0 Å². The Labute approximate surface area is 164 Å². The van der Waals surface area contributed by atoms with Gasteiger partial charge in [-0.15, -0.1) is 0 Å². The number of rotatable bonds is 10. The number of nitrogens with zero attached hydrogens (tertiary/aromatic N) is 1. The molecule has 0 aliphatic carbocycles. The van der Waals surface area contributed by atoms with Crippen LogP contribution in [0.5, 0.6) is 0 Å². The molecule has 0 amide bonds. The van der Waals surface area contributed by atoms with Crippen LogP contribution in [-0.4, -0.2) is 0 Å². The second kappa shape index (κ2) is 10.6. The van der Waals surface area contributed by atoms with E-state index in [-0.39, 0.29) is 0 Å². The van der Waals surface area contributed by atoms with Crippen molar-refractivity contribution in [3.63, 3.8) is 0 Å². The molecule has 0 unspecified atom stereocenters. The van der Waals surface area contributed by atoms with Crippen LogP contribution < -0.4 is 4.90 Å². The highest BCUT2D eigenvalue weighted by Crippen LogP contribution is 2.36. The van der Waals surface area contributed by atoms with Crippen molar-refractivity contribution in [2.24, 2.45) is 0 Å². The van der Waals surface area contributed by atoms with E-state index in [4.69, 9.17) is 0 Å². The minimum Gasteiger partial charge on any atom is -0.310 e. The van der Waals surface area contributed by atoms with E-state index in [0.29, 0.717) is 0 Å². The first kappa shape index (κ1) is 19.2. The standard InChI is InChI=1S/C26H31N/c1-2-3-4-5-6-9-16-23-17-14-15-22-26(23)27(24-18-10-7-11-19-24)25-20-12-8-13-21-25/h7-8,10-15,17-22H,2-6,9,16H2,1H3. The second-order valence-corrected chi connectivity index (χ2v) is 7.15. The number of aryl methyl sites for hydroxylation is 1. The van der Waals surface area contributed by atoms with Crippen molar-refractivity contribution >= 4 is 17.1 Å². The van der Waals surface area contributed by atoms with Gasteiger partial charge in [0, 0.05) is 17.1 Å². The van der Waals surface area contributed by atoms with E-state index in [0.717, 1.165) is 6.42 Å². The number of hydrogen-bond donors (Lipinski definition) is 0. The number of hydrogen-bond acceptors (Lipinski definition) is 1. The quantitative estimate of drug-likeness (QED) is 0.332. The molecule has 0 spiro atoms. The lowest BCUT2D eigenvalue weighted by Crippen LogP contribution is -2.12. The van der Waals surface area contributed by atoms with Crippen LogP contribution in [0, 0.1) is 0 Å². The minimum atomic E-state index is 1.14. The molecule has 1 nitrogen and oxygen atoms in total. The van der Waals surface area contributed by atoms with Gasteiger partial charge in [-0.2, -0.15) is 0 Å². The highest BCUT2D eigenvalue weighted by Gasteiger charge is 2.14. The molecule has 27 heavy (non-hydrogen) atoms. The lowest BCUT2D eigenvalue weighted by molar-refractivity contribution is 0.607. The molecule has 3 aromatic rings. The van der Waals surface area contributed by atoms with E-state index < -0.39 is 0 Å². The molecule has 140 valence electrons. The average Bonchev–Trinajstić information content (AvgIpc) is 2.73. The Bertz CT molecular complexity index is 740. The van der Waals surface area contributed by atoms with Gasteiger partial charge in [-0.1, -0.05) is 93.6 Å². The van der Waals surface area contributed by atoms with E-state index in [1.165, 1.54) is 61.2 Å². The van der Waals surface area contributed by atoms with Gasteiger partial charge in [0.2, 0.25) is 0 Å². The zero-order chi connectivity index (χ0) is 18.7. The van der Waals surface area contributed by atoms with Gasteiger partial charge in [-0.25, -0.2) is 0 Å². The molecule has 0 aliphatic heterocycles. The molecule has 0 radical (unpaired) electrons. The smallest absolute Gasteiger partial charge is 0.0493 e. The average molecular weight is 358 g/mol.